The molecule has 4 rings (SSSR count). The van der Waals surface area contributed by atoms with E-state index in [1.165, 1.54) is 6.26 Å². The van der Waals surface area contributed by atoms with Crippen LogP contribution in [-0.2, 0) is 16.0 Å². The monoisotopic (exact) mass is 542 g/mol. The number of nitrogens with zero attached hydrogens (tertiary/aromatic N) is 4. The Balaban J connectivity index is 1.53. The van der Waals surface area contributed by atoms with E-state index in [0.29, 0.717) is 36.8 Å². The second kappa shape index (κ2) is 13.8. The molecule has 1 fully saturated rings. The first-order valence-corrected chi connectivity index (χ1v) is 14.0. The predicted octanol–water partition coefficient (Wildman–Crippen LogP) is 3.48. The summed E-state index contributed by atoms with van der Waals surface area (Å²) in [5.41, 5.74) is 0.884. The van der Waals surface area contributed by atoms with E-state index in [4.69, 9.17) is 13.9 Å². The molecule has 1 saturated heterocycles. The highest BCUT2D eigenvalue weighted by Gasteiger charge is 2.47. The lowest BCUT2D eigenvalue weighted by molar-refractivity contribution is -0.143. The first-order chi connectivity index (χ1) is 18.9. The Labute approximate surface area is 230 Å². The summed E-state index contributed by atoms with van der Waals surface area (Å²) in [6, 6.07) is 5.31. The van der Waals surface area contributed by atoms with Crippen molar-refractivity contribution in [2.24, 2.45) is 5.92 Å². The third kappa shape index (κ3) is 7.51. The minimum Gasteiger partial charge on any atom is -0.481 e. The van der Waals surface area contributed by atoms with Crippen molar-refractivity contribution in [2.45, 2.75) is 57.4 Å². The zero-order chi connectivity index (χ0) is 27.8. The average Bonchev–Trinajstić information content (AvgIpc) is 3.66. The molecule has 0 saturated carbocycles. The van der Waals surface area contributed by atoms with Gasteiger partial charge in [0.2, 0.25) is 12.7 Å². The highest BCUT2D eigenvalue weighted by Crippen LogP contribution is 2.43. The smallest absolute Gasteiger partial charge is 0.308 e. The van der Waals surface area contributed by atoms with Gasteiger partial charge in [-0.15, -0.1) is 0 Å². The average molecular weight is 543 g/mol. The zero-order valence-corrected chi connectivity index (χ0v) is 23.4. The molecule has 0 unspecified atom stereocenters. The van der Waals surface area contributed by atoms with Crippen LogP contribution in [0.25, 0.3) is 0 Å². The van der Waals surface area contributed by atoms with Crippen molar-refractivity contribution in [3.8, 4) is 11.5 Å². The second-order valence-electron chi connectivity index (χ2n) is 10.8. The fourth-order valence-electron chi connectivity index (χ4n) is 5.70. The van der Waals surface area contributed by atoms with Crippen molar-refractivity contribution < 1.29 is 28.6 Å². The third-order valence-corrected chi connectivity index (χ3v) is 7.75. The van der Waals surface area contributed by atoms with Gasteiger partial charge < -0.3 is 28.8 Å². The van der Waals surface area contributed by atoms with E-state index in [1.54, 1.807) is 6.20 Å². The Morgan fingerprint density at radius 1 is 1.10 bits per heavy atom. The predicted molar refractivity (Wildman–Crippen MR) is 146 cm³/mol. The van der Waals surface area contributed by atoms with Gasteiger partial charge in [-0.2, -0.15) is 0 Å². The molecule has 0 spiro atoms. The Morgan fingerprint density at radius 3 is 2.59 bits per heavy atom. The van der Waals surface area contributed by atoms with Gasteiger partial charge in [-0.25, -0.2) is 4.98 Å². The number of carbonyl (C=O) groups excluding carboxylic acids is 1. The van der Waals surface area contributed by atoms with Crippen LogP contribution in [-0.4, -0.2) is 96.3 Å². The largest absolute Gasteiger partial charge is 0.481 e. The zero-order valence-electron chi connectivity index (χ0n) is 23.4. The lowest BCUT2D eigenvalue weighted by Gasteiger charge is -2.29. The van der Waals surface area contributed by atoms with E-state index in [9.17, 15) is 14.7 Å². The number of oxazole rings is 1. The van der Waals surface area contributed by atoms with Gasteiger partial charge in [0.1, 0.15) is 6.26 Å². The van der Waals surface area contributed by atoms with E-state index in [2.05, 4.69) is 35.8 Å². The molecule has 0 bridgehead atoms. The molecule has 10 heteroatoms. The highest BCUT2D eigenvalue weighted by atomic mass is 16.7. The number of aliphatic carboxylic acids is 1. The molecular weight excluding hydrogens is 500 g/mol. The summed E-state index contributed by atoms with van der Waals surface area (Å²) >= 11 is 0. The standard InChI is InChI=1S/C29H42N4O6/c1-4-5-14-32(15-7-6-13-31(2)3)27(34)19-33-18-22(21-8-10-24-25(17-21)39-20-38-24)28(29(35)36)23(33)9-11-26-30-12-16-37-26/h8,10,12,16-17,22-23,28H,4-7,9,11,13-15,18-20H2,1-3H3,(H,35,36)/t22-,23+,28-/m1/s1. The number of hydrogen-bond donors (Lipinski definition) is 1. The molecule has 0 aliphatic carbocycles. The molecule has 1 N–H and O–H groups in total. The van der Waals surface area contributed by atoms with Crippen LogP contribution >= 0.6 is 0 Å². The van der Waals surface area contributed by atoms with Gasteiger partial charge in [0.05, 0.1) is 18.7 Å². The van der Waals surface area contributed by atoms with Gasteiger partial charge in [-0.3, -0.25) is 14.5 Å². The van der Waals surface area contributed by atoms with E-state index in [0.717, 1.165) is 50.9 Å². The summed E-state index contributed by atoms with van der Waals surface area (Å²) in [6.07, 6.45) is 8.08. The summed E-state index contributed by atoms with van der Waals surface area (Å²) in [6.45, 7) is 5.38. The number of rotatable bonds is 15. The number of aryl methyl sites for hydroxylation is 1. The van der Waals surface area contributed by atoms with Crippen molar-refractivity contribution >= 4 is 11.9 Å². The molecule has 0 radical (unpaired) electrons. The molecule has 2 aliphatic heterocycles. The number of hydrogen-bond acceptors (Lipinski definition) is 8. The number of carboxylic acids is 1. The molecular formula is C29H42N4O6. The van der Waals surface area contributed by atoms with Gasteiger partial charge >= 0.3 is 5.97 Å². The second-order valence-corrected chi connectivity index (χ2v) is 10.8. The fraction of sp³-hybridized carbons (Fsp3) is 0.621. The van der Waals surface area contributed by atoms with Crippen molar-refractivity contribution in [2.75, 3.05) is 53.6 Å². The summed E-state index contributed by atoms with van der Waals surface area (Å²) in [5, 5.41) is 10.4. The summed E-state index contributed by atoms with van der Waals surface area (Å²) in [4.78, 5) is 36.8. The lowest BCUT2D eigenvalue weighted by Crippen LogP contribution is -2.45. The van der Waals surface area contributed by atoms with Gasteiger partial charge in [-0.1, -0.05) is 19.4 Å². The minimum absolute atomic E-state index is 0.0601. The summed E-state index contributed by atoms with van der Waals surface area (Å²) in [7, 11) is 4.11. The summed E-state index contributed by atoms with van der Waals surface area (Å²) in [5.74, 6) is 0.0904. The van der Waals surface area contributed by atoms with Crippen molar-refractivity contribution in [1.82, 2.24) is 19.7 Å². The van der Waals surface area contributed by atoms with Crippen molar-refractivity contribution in [3.63, 3.8) is 0 Å². The van der Waals surface area contributed by atoms with Crippen LogP contribution < -0.4 is 9.47 Å². The van der Waals surface area contributed by atoms with Gasteiger partial charge in [0, 0.05) is 38.0 Å². The maximum atomic E-state index is 13.6. The topological polar surface area (TPSA) is 109 Å². The number of unbranched alkanes of at least 4 members (excludes halogenated alkanes) is 2. The van der Waals surface area contributed by atoms with E-state index in [-0.39, 0.29) is 31.2 Å². The molecule has 10 nitrogen and oxygen atoms in total. The highest BCUT2D eigenvalue weighted by molar-refractivity contribution is 5.79. The molecule has 3 atom stereocenters. The maximum Gasteiger partial charge on any atom is 0.308 e. The van der Waals surface area contributed by atoms with E-state index in [1.807, 2.05) is 23.1 Å². The van der Waals surface area contributed by atoms with Crippen LogP contribution in [0.15, 0.2) is 35.1 Å². The number of fused-ring (bicyclic) bond motifs is 1. The first kappa shape index (κ1) is 28.9. The number of carbonyl (C=O) groups is 2. The number of benzene rings is 1. The summed E-state index contributed by atoms with van der Waals surface area (Å²) < 4.78 is 16.5. The number of ether oxygens (including phenoxy) is 2. The van der Waals surface area contributed by atoms with Crippen LogP contribution in [0.2, 0.25) is 0 Å². The SMILES string of the molecule is CCCCN(CCCCN(C)C)C(=O)CN1C[C@H](c2ccc3c(c2)OCO3)[C@@H](C(=O)O)[C@@H]1CCc1ncco1. The molecule has 2 aliphatic rings. The van der Waals surface area contributed by atoms with Crippen molar-refractivity contribution in [1.29, 1.82) is 0 Å². The number of amides is 1. The number of carboxylic acid groups (broad SMARTS) is 1. The molecule has 2 aromatic rings. The number of aromatic nitrogens is 1. The fourth-order valence-corrected chi connectivity index (χ4v) is 5.70. The Hall–Kier alpha value is -3.11. The van der Waals surface area contributed by atoms with Crippen LogP contribution in [0.1, 0.15) is 56.4 Å². The van der Waals surface area contributed by atoms with E-state index >= 15 is 0 Å². The van der Waals surface area contributed by atoms with Gasteiger partial charge in [0.15, 0.2) is 17.4 Å². The Morgan fingerprint density at radius 2 is 1.87 bits per heavy atom. The van der Waals surface area contributed by atoms with Crippen LogP contribution in [0.5, 0.6) is 11.5 Å². The third-order valence-electron chi connectivity index (χ3n) is 7.75. The molecule has 1 amide bonds. The van der Waals surface area contributed by atoms with Crippen LogP contribution in [0.4, 0.5) is 0 Å². The molecule has 3 heterocycles. The normalized spacial score (nSPS) is 20.6. The Kier molecular flexibility index (Phi) is 10.2. The van der Waals surface area contributed by atoms with Crippen LogP contribution in [0, 0.1) is 5.92 Å². The molecule has 214 valence electrons. The Bertz CT molecular complexity index is 1080. The number of likely N-dealkylation sites (tertiary alicyclic amines) is 1. The lowest BCUT2D eigenvalue weighted by atomic mass is 9.83. The maximum absolute atomic E-state index is 13.6. The van der Waals surface area contributed by atoms with Crippen LogP contribution in [0.3, 0.4) is 0 Å². The van der Waals surface area contributed by atoms with E-state index < -0.39 is 11.9 Å². The van der Waals surface area contributed by atoms with Gasteiger partial charge in [0.25, 0.3) is 0 Å². The molecule has 1 aromatic carbocycles. The quantitative estimate of drug-likeness (QED) is 0.338. The molecule has 39 heavy (non-hydrogen) atoms. The van der Waals surface area contributed by atoms with Gasteiger partial charge in [-0.05, 0) is 64.0 Å². The first-order valence-electron chi connectivity index (χ1n) is 14.0. The van der Waals surface area contributed by atoms with Crippen molar-refractivity contribution in [3.05, 3.63) is 42.1 Å². The molecule has 1 aromatic heterocycles. The minimum atomic E-state index is -0.864.